The van der Waals surface area contributed by atoms with Crippen molar-refractivity contribution >= 4 is 8.32 Å². The van der Waals surface area contributed by atoms with Crippen molar-refractivity contribution in [2.75, 3.05) is 0 Å². The van der Waals surface area contributed by atoms with Gasteiger partial charge in [0.1, 0.15) is 0 Å². The molecule has 0 N–H and O–H groups in total. The van der Waals surface area contributed by atoms with Crippen molar-refractivity contribution in [3.05, 3.63) is 11.6 Å². The van der Waals surface area contributed by atoms with Crippen LogP contribution in [0.4, 0.5) is 0 Å². The zero-order valence-corrected chi connectivity index (χ0v) is 16.5. The van der Waals surface area contributed by atoms with Crippen LogP contribution in [0, 0.1) is 29.1 Å². The van der Waals surface area contributed by atoms with Crippen LogP contribution in [-0.2, 0) is 4.43 Å². The average Bonchev–Trinajstić information content (AvgIpc) is 3.11. The molecule has 2 heteroatoms. The van der Waals surface area contributed by atoms with Gasteiger partial charge in [-0.05, 0) is 55.0 Å². The van der Waals surface area contributed by atoms with E-state index in [-0.39, 0.29) is 0 Å². The van der Waals surface area contributed by atoms with Gasteiger partial charge in [-0.15, -0.1) is 12.3 Å². The molecule has 1 aliphatic heterocycles. The minimum absolute atomic E-state index is 0.359. The van der Waals surface area contributed by atoms with Crippen LogP contribution in [0.5, 0.6) is 0 Å². The molecule has 0 aromatic rings. The maximum atomic E-state index is 6.78. The molecule has 0 bridgehead atoms. The lowest BCUT2D eigenvalue weighted by atomic mass is 9.61. The Balaban J connectivity index is 1.58. The number of terminal acetylenes is 1. The highest BCUT2D eigenvalue weighted by atomic mass is 28.4. The molecule has 3 fully saturated rings. The van der Waals surface area contributed by atoms with E-state index in [0.717, 1.165) is 17.9 Å². The summed E-state index contributed by atoms with van der Waals surface area (Å²) in [4.78, 5) is 0. The van der Waals surface area contributed by atoms with Gasteiger partial charge in [0.2, 0.25) is 8.32 Å². The summed E-state index contributed by atoms with van der Waals surface area (Å²) in [5.41, 5.74) is 3.33. The fourth-order valence-electron chi connectivity index (χ4n) is 6.15. The monoisotopic (exact) mass is 328 g/mol. The van der Waals surface area contributed by atoms with Crippen molar-refractivity contribution in [3.63, 3.8) is 0 Å². The number of fused-ring (bicyclic) bond motifs is 3. The van der Waals surface area contributed by atoms with E-state index < -0.39 is 8.32 Å². The van der Waals surface area contributed by atoms with Gasteiger partial charge in [0.15, 0.2) is 0 Å². The summed E-state index contributed by atoms with van der Waals surface area (Å²) in [6.07, 6.45) is 16.3. The Morgan fingerprint density at radius 1 is 1.35 bits per heavy atom. The Hall–Kier alpha value is -0.523. The predicted molar refractivity (Wildman–Crippen MR) is 98.6 cm³/mol. The predicted octanol–water partition coefficient (Wildman–Crippen LogP) is 5.68. The van der Waals surface area contributed by atoms with Crippen molar-refractivity contribution in [2.24, 2.45) is 16.7 Å². The Kier molecular flexibility index (Phi) is 3.16. The highest BCUT2D eigenvalue weighted by Gasteiger charge is 2.68. The fraction of sp³-hybridized carbons (Fsp3) is 0.810. The van der Waals surface area contributed by atoms with Crippen molar-refractivity contribution in [1.82, 2.24) is 0 Å². The summed E-state index contributed by atoms with van der Waals surface area (Å²) < 4.78 is 6.78. The van der Waals surface area contributed by atoms with Crippen LogP contribution in [0.3, 0.4) is 0 Å². The topological polar surface area (TPSA) is 9.23 Å². The minimum atomic E-state index is -1.58. The first kappa shape index (κ1) is 16.0. The van der Waals surface area contributed by atoms with Gasteiger partial charge in [0, 0.05) is 17.4 Å². The molecular formula is C21H32OSi. The Morgan fingerprint density at radius 3 is 2.61 bits per heavy atom. The first-order chi connectivity index (χ1) is 10.7. The van der Waals surface area contributed by atoms with E-state index in [9.17, 15) is 0 Å². The van der Waals surface area contributed by atoms with Gasteiger partial charge >= 0.3 is 0 Å². The molecule has 23 heavy (non-hydrogen) atoms. The highest BCUT2D eigenvalue weighted by molar-refractivity contribution is 6.79. The van der Waals surface area contributed by atoms with Crippen LogP contribution in [0.1, 0.15) is 66.2 Å². The Morgan fingerprint density at radius 2 is 2.04 bits per heavy atom. The van der Waals surface area contributed by atoms with E-state index in [1.807, 2.05) is 0 Å². The smallest absolute Gasteiger partial charge is 0.201 e. The van der Waals surface area contributed by atoms with Crippen LogP contribution in [0.15, 0.2) is 11.6 Å². The molecule has 0 aromatic carbocycles. The van der Waals surface area contributed by atoms with Crippen molar-refractivity contribution < 1.29 is 4.43 Å². The van der Waals surface area contributed by atoms with E-state index in [0.29, 0.717) is 22.0 Å². The van der Waals surface area contributed by atoms with Crippen molar-refractivity contribution in [2.45, 2.75) is 89.5 Å². The molecule has 5 atom stereocenters. The van der Waals surface area contributed by atoms with Gasteiger partial charge < -0.3 is 4.43 Å². The summed E-state index contributed by atoms with van der Waals surface area (Å²) in [6.45, 7) is 12.2. The van der Waals surface area contributed by atoms with Crippen LogP contribution in [0.2, 0.25) is 17.1 Å². The van der Waals surface area contributed by atoms with E-state index >= 15 is 0 Å². The third-order valence-corrected chi connectivity index (χ3v) is 14.0. The molecule has 0 radical (unpaired) electrons. The van der Waals surface area contributed by atoms with Gasteiger partial charge in [-0.2, -0.15) is 0 Å². The number of rotatable bonds is 2. The zero-order valence-electron chi connectivity index (χ0n) is 15.5. The maximum Gasteiger partial charge on any atom is 0.201 e. The van der Waals surface area contributed by atoms with Gasteiger partial charge in [-0.1, -0.05) is 39.3 Å². The van der Waals surface area contributed by atoms with Gasteiger partial charge in [-0.3, -0.25) is 0 Å². The SMILES string of the molecule is C#CCC1(C2=CC[C@H]3[C@H]4O[Si](C)(C(C)(C)C)C4CC[C@]23C)CC1. The number of allylic oxidation sites excluding steroid dienone is 2. The first-order valence-electron chi connectivity index (χ1n) is 9.50. The fourth-order valence-corrected chi connectivity index (χ4v) is 10.1. The standard InChI is InChI=1S/C21H32OSi/c1-7-11-21(13-14-21)17-9-8-15-18-16(10-12-20(15,17)5)23(6,22-18)19(2,3)4/h1,9,15-16,18H,8,10-14H2,2-6H3/t15-,16?,18+,20-,23?/m0/s1. The maximum absolute atomic E-state index is 6.78. The third-order valence-electron chi connectivity index (χ3n) is 8.22. The molecular weight excluding hydrogens is 296 g/mol. The summed E-state index contributed by atoms with van der Waals surface area (Å²) in [5, 5.41) is 0.359. The largest absolute Gasteiger partial charge is 0.413 e. The quantitative estimate of drug-likeness (QED) is 0.360. The van der Waals surface area contributed by atoms with Gasteiger partial charge in [-0.25, -0.2) is 0 Å². The molecule has 126 valence electrons. The van der Waals surface area contributed by atoms with Gasteiger partial charge in [0.05, 0.1) is 6.10 Å². The van der Waals surface area contributed by atoms with Gasteiger partial charge in [0.25, 0.3) is 0 Å². The molecule has 3 aliphatic carbocycles. The summed E-state index contributed by atoms with van der Waals surface area (Å²) in [5.74, 6) is 3.68. The second-order valence-electron chi connectivity index (χ2n) is 10.1. The molecule has 0 amide bonds. The molecule has 4 rings (SSSR count). The lowest BCUT2D eigenvalue weighted by molar-refractivity contribution is -0.0414. The van der Waals surface area contributed by atoms with Crippen LogP contribution in [0.25, 0.3) is 0 Å². The Labute approximate surface area is 143 Å². The lowest BCUT2D eigenvalue weighted by Crippen LogP contribution is -2.68. The molecule has 2 unspecified atom stereocenters. The average molecular weight is 329 g/mol. The van der Waals surface area contributed by atoms with Crippen molar-refractivity contribution in [3.8, 4) is 12.3 Å². The van der Waals surface area contributed by atoms with Crippen LogP contribution >= 0.6 is 0 Å². The summed E-state index contributed by atoms with van der Waals surface area (Å²) in [7, 11) is -1.58. The molecule has 2 saturated carbocycles. The first-order valence-corrected chi connectivity index (χ1v) is 12.0. The van der Waals surface area contributed by atoms with Crippen molar-refractivity contribution in [1.29, 1.82) is 0 Å². The number of hydrogen-bond donors (Lipinski definition) is 0. The van der Waals surface area contributed by atoms with E-state index in [1.54, 1.807) is 5.57 Å². The zero-order chi connectivity index (χ0) is 16.7. The third kappa shape index (κ3) is 1.90. The van der Waals surface area contributed by atoms with E-state index in [2.05, 4.69) is 46.2 Å². The normalized spacial score (nSPS) is 47.0. The molecule has 4 aliphatic rings. The lowest BCUT2D eigenvalue weighted by Gasteiger charge is -2.65. The number of hydrogen-bond acceptors (Lipinski definition) is 1. The molecule has 0 spiro atoms. The molecule has 1 heterocycles. The molecule has 1 saturated heterocycles. The second kappa shape index (κ2) is 4.55. The summed E-state index contributed by atoms with van der Waals surface area (Å²) in [6, 6.07) is 0. The Bertz CT molecular complexity index is 602. The van der Waals surface area contributed by atoms with Crippen LogP contribution < -0.4 is 0 Å². The van der Waals surface area contributed by atoms with Crippen LogP contribution in [-0.4, -0.2) is 14.4 Å². The summed E-state index contributed by atoms with van der Waals surface area (Å²) >= 11 is 0. The molecule has 1 nitrogen and oxygen atoms in total. The molecule has 0 aromatic heterocycles. The van der Waals surface area contributed by atoms with E-state index in [1.165, 1.54) is 32.1 Å². The van der Waals surface area contributed by atoms with E-state index in [4.69, 9.17) is 10.8 Å². The minimum Gasteiger partial charge on any atom is -0.413 e. The highest BCUT2D eigenvalue weighted by Crippen LogP contribution is 2.71. The second-order valence-corrected chi connectivity index (χ2v) is 14.8.